The predicted molar refractivity (Wildman–Crippen MR) is 70.1 cm³/mol. The molecule has 1 aliphatic rings. The number of H-pyrrole nitrogens is 1. The molecule has 4 heteroatoms. The highest BCUT2D eigenvalue weighted by Crippen LogP contribution is 2.20. The Kier molecular flexibility index (Phi) is 3.84. The van der Waals surface area contributed by atoms with Crippen LogP contribution in [0.15, 0.2) is 6.07 Å². The normalized spacial score (nSPS) is 19.2. The smallest absolute Gasteiger partial charge is 0.0678 e. The zero-order chi connectivity index (χ0) is 12.3. The molecule has 0 radical (unpaired) electrons. The lowest BCUT2D eigenvalue weighted by atomic mass is 9.92. The Morgan fingerprint density at radius 1 is 1.29 bits per heavy atom. The van der Waals surface area contributed by atoms with Crippen LogP contribution in [0.2, 0.25) is 0 Å². The summed E-state index contributed by atoms with van der Waals surface area (Å²) in [5.41, 5.74) is 2.52. The lowest BCUT2D eigenvalue weighted by Gasteiger charge is -2.18. The largest absolute Gasteiger partial charge is 0.315 e. The van der Waals surface area contributed by atoms with E-state index in [1.54, 1.807) is 0 Å². The minimum absolute atomic E-state index is 0.134. The van der Waals surface area contributed by atoms with Crippen molar-refractivity contribution in [3.63, 3.8) is 0 Å². The van der Waals surface area contributed by atoms with E-state index in [0.717, 1.165) is 31.9 Å². The molecule has 2 N–H and O–H groups in total. The molecule has 4 nitrogen and oxygen atoms in total. The van der Waals surface area contributed by atoms with Crippen molar-refractivity contribution in [2.45, 2.75) is 39.2 Å². The first kappa shape index (κ1) is 12.6. The summed E-state index contributed by atoms with van der Waals surface area (Å²) in [6.07, 6.45) is 1.24. The Hall–Kier alpha value is -0.870. The second kappa shape index (κ2) is 5.19. The summed E-state index contributed by atoms with van der Waals surface area (Å²) in [5, 5.41) is 11.0. The fourth-order valence-electron chi connectivity index (χ4n) is 2.13. The van der Waals surface area contributed by atoms with Crippen LogP contribution < -0.4 is 5.32 Å². The highest BCUT2D eigenvalue weighted by Gasteiger charge is 2.18. The minimum atomic E-state index is 0.134. The van der Waals surface area contributed by atoms with Crippen LogP contribution >= 0.6 is 0 Å². The first-order valence-corrected chi connectivity index (χ1v) is 6.53. The van der Waals surface area contributed by atoms with Gasteiger partial charge in [0.15, 0.2) is 0 Å². The van der Waals surface area contributed by atoms with Crippen LogP contribution in [-0.2, 0) is 12.0 Å². The summed E-state index contributed by atoms with van der Waals surface area (Å²) in [4.78, 5) is 2.49. The number of aromatic nitrogens is 2. The number of hydrogen-bond acceptors (Lipinski definition) is 3. The quantitative estimate of drug-likeness (QED) is 0.818. The van der Waals surface area contributed by atoms with Crippen molar-refractivity contribution in [2.24, 2.45) is 0 Å². The molecule has 96 valence electrons. The van der Waals surface area contributed by atoms with E-state index in [0.29, 0.717) is 0 Å². The molecule has 2 heterocycles. The molecule has 1 aliphatic heterocycles. The maximum absolute atomic E-state index is 4.41. The summed E-state index contributed by atoms with van der Waals surface area (Å²) in [5.74, 6) is 0. The standard InChI is InChI=1S/C13H24N4/c1-13(2,3)12-9-11(15-16-12)10-17-7-4-5-14-6-8-17/h9,14H,4-8,10H2,1-3H3,(H,15,16). The first-order chi connectivity index (χ1) is 8.05. The van der Waals surface area contributed by atoms with Crippen LogP contribution in [0, 0.1) is 0 Å². The van der Waals surface area contributed by atoms with Gasteiger partial charge in [-0.2, -0.15) is 5.10 Å². The average Bonchev–Trinajstić information content (AvgIpc) is 2.56. The zero-order valence-electron chi connectivity index (χ0n) is 11.2. The lowest BCUT2D eigenvalue weighted by Crippen LogP contribution is -2.27. The van der Waals surface area contributed by atoms with Gasteiger partial charge in [-0.1, -0.05) is 20.8 Å². The zero-order valence-corrected chi connectivity index (χ0v) is 11.2. The van der Waals surface area contributed by atoms with Gasteiger partial charge >= 0.3 is 0 Å². The van der Waals surface area contributed by atoms with Gasteiger partial charge in [0.25, 0.3) is 0 Å². The number of hydrogen-bond donors (Lipinski definition) is 2. The van der Waals surface area contributed by atoms with Crippen LogP contribution in [0.3, 0.4) is 0 Å². The number of nitrogens with one attached hydrogen (secondary N) is 2. The van der Waals surface area contributed by atoms with Crippen molar-refractivity contribution in [1.82, 2.24) is 20.4 Å². The molecule has 1 fully saturated rings. The van der Waals surface area contributed by atoms with Crippen LogP contribution in [-0.4, -0.2) is 41.3 Å². The number of aromatic amines is 1. The fourth-order valence-corrected chi connectivity index (χ4v) is 2.13. The monoisotopic (exact) mass is 236 g/mol. The molecule has 0 atom stereocenters. The third-order valence-electron chi connectivity index (χ3n) is 3.23. The van der Waals surface area contributed by atoms with E-state index in [2.05, 4.69) is 47.3 Å². The summed E-state index contributed by atoms with van der Waals surface area (Å²) >= 11 is 0. The molecule has 0 aromatic carbocycles. The molecule has 1 saturated heterocycles. The van der Waals surface area contributed by atoms with Gasteiger partial charge < -0.3 is 5.32 Å². The average molecular weight is 236 g/mol. The van der Waals surface area contributed by atoms with Crippen molar-refractivity contribution in [1.29, 1.82) is 0 Å². The Morgan fingerprint density at radius 2 is 2.12 bits per heavy atom. The van der Waals surface area contributed by atoms with Gasteiger partial charge in [-0.25, -0.2) is 0 Å². The Morgan fingerprint density at radius 3 is 2.82 bits per heavy atom. The molecule has 0 spiro atoms. The maximum atomic E-state index is 4.41. The van der Waals surface area contributed by atoms with Crippen molar-refractivity contribution in [3.05, 3.63) is 17.5 Å². The molecule has 2 rings (SSSR count). The molecule has 1 aromatic rings. The number of nitrogens with zero attached hydrogens (tertiary/aromatic N) is 2. The molecule has 0 amide bonds. The molecule has 0 aliphatic carbocycles. The van der Waals surface area contributed by atoms with E-state index >= 15 is 0 Å². The SMILES string of the molecule is CC(C)(C)c1cc(CN2CCCNCC2)[nH]n1. The van der Waals surface area contributed by atoms with Crippen LogP contribution in [0.4, 0.5) is 0 Å². The summed E-state index contributed by atoms with van der Waals surface area (Å²) < 4.78 is 0. The molecule has 1 aromatic heterocycles. The van der Waals surface area contributed by atoms with Gasteiger partial charge in [0.1, 0.15) is 0 Å². The Balaban J connectivity index is 1.96. The molecule has 0 unspecified atom stereocenters. The fraction of sp³-hybridized carbons (Fsp3) is 0.769. The topological polar surface area (TPSA) is 44.0 Å². The summed E-state index contributed by atoms with van der Waals surface area (Å²) in [6.45, 7) is 12.1. The van der Waals surface area contributed by atoms with Crippen molar-refractivity contribution in [3.8, 4) is 0 Å². The first-order valence-electron chi connectivity index (χ1n) is 6.53. The van der Waals surface area contributed by atoms with Crippen LogP contribution in [0.25, 0.3) is 0 Å². The molecule has 17 heavy (non-hydrogen) atoms. The van der Waals surface area contributed by atoms with E-state index in [9.17, 15) is 0 Å². The van der Waals surface area contributed by atoms with Gasteiger partial charge in [0, 0.05) is 30.7 Å². The van der Waals surface area contributed by atoms with E-state index in [1.807, 2.05) is 0 Å². The summed E-state index contributed by atoms with van der Waals surface area (Å²) in [7, 11) is 0. The molecule has 0 saturated carbocycles. The summed E-state index contributed by atoms with van der Waals surface area (Å²) in [6, 6.07) is 2.21. The highest BCUT2D eigenvalue weighted by molar-refractivity contribution is 5.16. The van der Waals surface area contributed by atoms with E-state index in [1.165, 1.54) is 18.7 Å². The predicted octanol–water partition coefficient (Wildman–Crippen LogP) is 1.50. The number of rotatable bonds is 2. The maximum Gasteiger partial charge on any atom is 0.0678 e. The minimum Gasteiger partial charge on any atom is -0.315 e. The van der Waals surface area contributed by atoms with Gasteiger partial charge in [-0.15, -0.1) is 0 Å². The van der Waals surface area contributed by atoms with E-state index in [-0.39, 0.29) is 5.41 Å². The third kappa shape index (κ3) is 3.54. The van der Waals surface area contributed by atoms with Crippen molar-refractivity contribution >= 4 is 0 Å². The molecule has 0 bridgehead atoms. The molecular weight excluding hydrogens is 212 g/mol. The lowest BCUT2D eigenvalue weighted by molar-refractivity contribution is 0.281. The van der Waals surface area contributed by atoms with Gasteiger partial charge in [0.2, 0.25) is 0 Å². The third-order valence-corrected chi connectivity index (χ3v) is 3.23. The van der Waals surface area contributed by atoms with E-state index in [4.69, 9.17) is 0 Å². The van der Waals surface area contributed by atoms with Crippen LogP contribution in [0.1, 0.15) is 38.6 Å². The van der Waals surface area contributed by atoms with Gasteiger partial charge in [-0.05, 0) is 25.6 Å². The van der Waals surface area contributed by atoms with Crippen molar-refractivity contribution in [2.75, 3.05) is 26.2 Å². The molecular formula is C13H24N4. The Labute approximate surface area is 104 Å². The van der Waals surface area contributed by atoms with Crippen molar-refractivity contribution < 1.29 is 0 Å². The van der Waals surface area contributed by atoms with E-state index < -0.39 is 0 Å². The Bertz CT molecular complexity index is 343. The highest BCUT2D eigenvalue weighted by atomic mass is 15.2. The van der Waals surface area contributed by atoms with Crippen LogP contribution in [0.5, 0.6) is 0 Å². The van der Waals surface area contributed by atoms with Gasteiger partial charge in [-0.3, -0.25) is 10.00 Å². The second-order valence-electron chi connectivity index (χ2n) is 5.91. The second-order valence-corrected chi connectivity index (χ2v) is 5.91. The van der Waals surface area contributed by atoms with Gasteiger partial charge in [0.05, 0.1) is 5.69 Å².